The van der Waals surface area contributed by atoms with Crippen LogP contribution in [-0.4, -0.2) is 107 Å². The summed E-state index contributed by atoms with van der Waals surface area (Å²) in [6.45, 7) is 0. The smallest absolute Gasteiger partial charge is 0.481 e. The van der Waals surface area contributed by atoms with Crippen LogP contribution in [0.15, 0.2) is 291 Å². The van der Waals surface area contributed by atoms with Gasteiger partial charge in [-0.25, -0.2) is 30.0 Å². The Hall–Kier alpha value is -12.4. The zero-order valence-corrected chi connectivity index (χ0v) is 57.2. The number of aliphatic hydroxyl groups is 1. The van der Waals surface area contributed by atoms with Crippen molar-refractivity contribution in [3.8, 4) is 45.8 Å². The SMILES string of the molecule is Brc1ccccn1.CON(C)C(=O)Cc1ccc2nc(-c3cccnc3)oc2c1.O=C(Cc1ccc2nc(-c3cccnc3)oc2c1)c1ccccn1.O=C(O)Cc1ccc2nc(-c3cccnc3)oc2c1.OC(Cc1ccc2nc(-c3cccnc3)oc2c1)c1ccccn1.[Li+].[c-]1ccccn1. The molecule has 0 saturated carbocycles. The number of carbonyl (C=O) groups excluding carboxylic acids is 2. The zero-order valence-electron chi connectivity index (χ0n) is 55.7. The first kappa shape index (κ1) is 73.3. The van der Waals surface area contributed by atoms with Crippen LogP contribution in [-0.2, 0) is 40.1 Å². The van der Waals surface area contributed by atoms with Crippen molar-refractivity contribution in [2.75, 3.05) is 14.2 Å². The van der Waals surface area contributed by atoms with E-state index in [4.69, 9.17) is 27.6 Å². The van der Waals surface area contributed by atoms with Gasteiger partial charge < -0.3 is 32.9 Å². The number of pyridine rings is 8. The number of amides is 1. The molecule has 0 aliphatic rings. The van der Waals surface area contributed by atoms with E-state index in [0.717, 1.165) is 60.1 Å². The number of nitrogens with zero attached hydrogens (tertiary/aromatic N) is 13. The molecule has 16 rings (SSSR count). The van der Waals surface area contributed by atoms with Crippen molar-refractivity contribution in [2.45, 2.75) is 31.8 Å². The van der Waals surface area contributed by atoms with Gasteiger partial charge in [0.25, 0.3) is 0 Å². The number of Topliss-reactive ketones (excluding diaryl/α,β-unsaturated/α-hetero) is 1. The molecule has 506 valence electrons. The molecule has 0 saturated heterocycles. The number of aliphatic hydroxyl groups excluding tert-OH is 1. The van der Waals surface area contributed by atoms with Crippen LogP contribution in [0.4, 0.5) is 0 Å². The molecule has 23 nitrogen and oxygen atoms in total. The molecule has 103 heavy (non-hydrogen) atoms. The van der Waals surface area contributed by atoms with Crippen molar-refractivity contribution in [3.05, 3.63) is 313 Å². The maximum atomic E-state index is 12.3. The Morgan fingerprint density at radius 2 is 0.893 bits per heavy atom. The Labute approximate surface area is 609 Å². The van der Waals surface area contributed by atoms with E-state index >= 15 is 0 Å². The number of ketones is 1. The van der Waals surface area contributed by atoms with Gasteiger partial charge in [-0.3, -0.25) is 49.1 Å². The van der Waals surface area contributed by atoms with E-state index in [9.17, 15) is 19.5 Å². The van der Waals surface area contributed by atoms with Gasteiger partial charge in [0, 0.05) is 88.1 Å². The number of hydroxylamine groups is 2. The molecule has 12 aromatic heterocycles. The van der Waals surface area contributed by atoms with Crippen LogP contribution in [0.2, 0.25) is 0 Å². The minimum atomic E-state index is -0.869. The fraction of sp³-hybridized carbons (Fsp3) is 0.0897. The van der Waals surface area contributed by atoms with Crippen LogP contribution in [0.1, 0.15) is 44.5 Å². The summed E-state index contributed by atoms with van der Waals surface area (Å²) in [5, 5.41) is 20.3. The van der Waals surface area contributed by atoms with Crippen LogP contribution in [0.25, 0.3) is 90.2 Å². The van der Waals surface area contributed by atoms with E-state index in [1.54, 1.807) is 130 Å². The Kier molecular flexibility index (Phi) is 26.4. The van der Waals surface area contributed by atoms with Gasteiger partial charge in [0.1, 0.15) is 32.4 Å². The molecule has 1 amide bonds. The summed E-state index contributed by atoms with van der Waals surface area (Å²) in [4.78, 5) is 89.4. The van der Waals surface area contributed by atoms with E-state index in [-0.39, 0.29) is 49.8 Å². The second kappa shape index (κ2) is 37.1. The van der Waals surface area contributed by atoms with Gasteiger partial charge in [-0.1, -0.05) is 54.9 Å². The van der Waals surface area contributed by atoms with Gasteiger partial charge in [0.15, 0.2) is 28.1 Å². The van der Waals surface area contributed by atoms with Crippen molar-refractivity contribution in [2.24, 2.45) is 0 Å². The summed E-state index contributed by atoms with van der Waals surface area (Å²) >= 11 is 3.20. The summed E-state index contributed by atoms with van der Waals surface area (Å²) in [5.41, 5.74) is 13.3. The summed E-state index contributed by atoms with van der Waals surface area (Å²) in [5.74, 6) is 1.03. The molecule has 0 fully saturated rings. The Morgan fingerprint density at radius 1 is 0.476 bits per heavy atom. The van der Waals surface area contributed by atoms with Crippen molar-refractivity contribution < 1.29 is 66.0 Å². The first-order chi connectivity index (χ1) is 49.9. The van der Waals surface area contributed by atoms with Gasteiger partial charge in [0.05, 0.1) is 54.0 Å². The fourth-order valence-electron chi connectivity index (χ4n) is 9.67. The number of hydrogen-bond donors (Lipinski definition) is 2. The monoisotopic (exact) mass is 1430 g/mol. The van der Waals surface area contributed by atoms with Crippen LogP contribution in [0.3, 0.4) is 0 Å². The number of carboxylic acid groups (broad SMARTS) is 1. The fourth-order valence-corrected chi connectivity index (χ4v) is 9.94. The molecule has 16 aromatic rings. The van der Waals surface area contributed by atoms with Crippen LogP contribution in [0.5, 0.6) is 0 Å². The minimum Gasteiger partial charge on any atom is -0.481 e. The number of benzene rings is 4. The average molecular weight is 1430 g/mol. The molecule has 0 aliphatic carbocycles. The Balaban J connectivity index is 0.000000139. The van der Waals surface area contributed by atoms with Crippen LogP contribution in [0, 0.1) is 6.20 Å². The number of aromatic nitrogens is 12. The van der Waals surface area contributed by atoms with Gasteiger partial charge in [0.2, 0.25) is 29.5 Å². The largest absolute Gasteiger partial charge is 1.00 e. The van der Waals surface area contributed by atoms with Gasteiger partial charge >= 0.3 is 24.8 Å². The predicted molar refractivity (Wildman–Crippen MR) is 384 cm³/mol. The molecule has 1 atom stereocenters. The van der Waals surface area contributed by atoms with Crippen LogP contribution < -0.4 is 18.9 Å². The molecular weight excluding hydrogens is 1370 g/mol. The van der Waals surface area contributed by atoms with E-state index in [1.807, 2.05) is 146 Å². The Bertz CT molecular complexity index is 5280. The number of likely N-dealkylation sites (N-methyl/N-ethyl adjacent to an activating group) is 1. The molecule has 0 radical (unpaired) electrons. The molecule has 0 aliphatic heterocycles. The van der Waals surface area contributed by atoms with E-state index in [2.05, 4.69) is 81.9 Å². The van der Waals surface area contributed by atoms with Gasteiger partial charge in [-0.15, -0.1) is 0 Å². The second-order valence-corrected chi connectivity index (χ2v) is 22.8. The van der Waals surface area contributed by atoms with E-state index in [0.29, 0.717) is 74.8 Å². The first-order valence-electron chi connectivity index (χ1n) is 31.5. The average Bonchev–Trinajstić information content (AvgIpc) is 1.70. The molecule has 4 aromatic carbocycles. The standard InChI is InChI=1S/C19H15N3O2.C19H13N3O2.C16H15N3O3.C14H10N2O3.C5H4BrN.C5H4N.Li/c2*23-17(15-5-1-2-9-21-15)10-13-6-7-16-18(11-13)24-19(22-16)14-4-3-8-20-12-14;1-19(21-2)15(20)9-11-5-6-13-14(8-11)22-16(18-13)12-4-3-7-17-10-12;17-13(18)7-9-3-4-11-12(6-9)19-14(16-11)10-2-1-5-15-8-10;6-5-3-1-2-4-7-5;1-2-4-6-5-3-1;/h1-9,11-12,17,23H,10H2;1-9,11-12H,10H2;3-8,10H,9H2,1-2H3;1-6,8H,7H2,(H,17,18);1-4H;1-4H;/q;;;;;-1;+1. The van der Waals surface area contributed by atoms with Crippen LogP contribution >= 0.6 is 15.9 Å². The number of oxazole rings is 4. The minimum absolute atomic E-state index is 0. The molecule has 2 N–H and O–H groups in total. The maximum absolute atomic E-state index is 12.3. The summed E-state index contributed by atoms with van der Waals surface area (Å²) in [6.07, 6.45) is 23.3. The number of hydrogen-bond acceptors (Lipinski definition) is 21. The number of carbonyl (C=O) groups is 3. The number of fused-ring (bicyclic) bond motifs is 4. The number of rotatable bonds is 15. The third-order valence-corrected chi connectivity index (χ3v) is 15.2. The predicted octanol–water partition coefficient (Wildman–Crippen LogP) is 12.0. The second-order valence-electron chi connectivity index (χ2n) is 22.0. The molecule has 0 spiro atoms. The van der Waals surface area contributed by atoms with E-state index < -0.39 is 12.1 Å². The van der Waals surface area contributed by atoms with Gasteiger partial charge in [-0.2, -0.15) is 18.2 Å². The summed E-state index contributed by atoms with van der Waals surface area (Å²) in [7, 11) is 3.04. The summed E-state index contributed by atoms with van der Waals surface area (Å²) < 4.78 is 23.9. The van der Waals surface area contributed by atoms with Crippen molar-refractivity contribution >= 4 is 78.0 Å². The molecule has 12 heterocycles. The third-order valence-electron chi connectivity index (χ3n) is 14.7. The van der Waals surface area contributed by atoms with Crippen molar-refractivity contribution in [1.82, 2.24) is 64.9 Å². The zero-order chi connectivity index (χ0) is 70.8. The number of carboxylic acids is 1. The summed E-state index contributed by atoms with van der Waals surface area (Å²) in [6, 6.07) is 59.0. The first-order valence-corrected chi connectivity index (χ1v) is 32.3. The number of aliphatic carboxylic acids is 1. The van der Waals surface area contributed by atoms with Crippen molar-refractivity contribution in [3.63, 3.8) is 0 Å². The Morgan fingerprint density at radius 3 is 1.23 bits per heavy atom. The quantitative estimate of drug-likeness (QED) is 0.0317. The third kappa shape index (κ3) is 21.3. The van der Waals surface area contributed by atoms with E-state index in [1.165, 1.54) is 12.2 Å². The molecule has 0 bridgehead atoms. The number of halogens is 1. The maximum Gasteiger partial charge on any atom is 1.00 e. The molecular formula is C78H61BrLiN13O10. The van der Waals surface area contributed by atoms with Gasteiger partial charge in [-0.05, 0) is 172 Å². The van der Waals surface area contributed by atoms with Crippen molar-refractivity contribution in [1.29, 1.82) is 0 Å². The molecule has 1 unspecified atom stereocenters. The topological polar surface area (TPSA) is 311 Å². The normalized spacial score (nSPS) is 10.8. The molecule has 25 heteroatoms.